The number of carbonyl (C=O) groups is 1. The molecule has 1 amide bonds. The number of anilines is 1. The van der Waals surface area contributed by atoms with Crippen molar-refractivity contribution in [3.05, 3.63) is 16.7 Å². The lowest BCUT2D eigenvalue weighted by Crippen LogP contribution is -2.32. The molecule has 0 unspecified atom stereocenters. The number of hydrogen-bond acceptors (Lipinski definition) is 4. The Kier molecular flexibility index (Phi) is 3.30. The zero-order valence-electron chi connectivity index (χ0n) is 10.3. The largest absolute Gasteiger partial charge is 0.465 e. The summed E-state index contributed by atoms with van der Waals surface area (Å²) in [5, 5.41) is 20.5. The third-order valence-electron chi connectivity index (χ3n) is 4.09. The number of likely N-dealkylation sites (tertiary alicyclic amines) is 1. The number of nitrogens with zero attached hydrogens (tertiary/aromatic N) is 3. The number of aromatic nitrogens is 2. The van der Waals surface area contributed by atoms with Crippen LogP contribution in [-0.4, -0.2) is 45.4 Å². The molecule has 3 rings (SSSR count). The van der Waals surface area contributed by atoms with Crippen LogP contribution in [0.25, 0.3) is 0 Å². The van der Waals surface area contributed by atoms with Crippen LogP contribution in [-0.2, 0) is 0 Å². The SMILES string of the molecule is O=C(O)N1C[C@@H]2CC[C@@H](Nc3ccc(Br)nn3)[C@@H]2C1. The minimum atomic E-state index is -0.809. The van der Waals surface area contributed by atoms with Gasteiger partial charge in [-0.1, -0.05) is 0 Å². The van der Waals surface area contributed by atoms with E-state index in [0.717, 1.165) is 18.7 Å². The van der Waals surface area contributed by atoms with Crippen molar-refractivity contribution in [2.24, 2.45) is 11.8 Å². The number of carboxylic acid groups (broad SMARTS) is 1. The van der Waals surface area contributed by atoms with Gasteiger partial charge in [0, 0.05) is 25.0 Å². The number of hydrogen-bond donors (Lipinski definition) is 2. The van der Waals surface area contributed by atoms with Gasteiger partial charge in [-0.15, -0.1) is 10.2 Å². The predicted molar refractivity (Wildman–Crippen MR) is 73.0 cm³/mol. The van der Waals surface area contributed by atoms with Gasteiger partial charge in [-0.25, -0.2) is 4.79 Å². The molecule has 0 bridgehead atoms. The Labute approximate surface area is 119 Å². The smallest absolute Gasteiger partial charge is 0.407 e. The van der Waals surface area contributed by atoms with Gasteiger partial charge in [-0.2, -0.15) is 0 Å². The number of rotatable bonds is 2. The van der Waals surface area contributed by atoms with Crippen molar-refractivity contribution in [2.45, 2.75) is 18.9 Å². The van der Waals surface area contributed by atoms with Crippen molar-refractivity contribution in [3.8, 4) is 0 Å². The number of amides is 1. The van der Waals surface area contributed by atoms with E-state index in [1.807, 2.05) is 12.1 Å². The van der Waals surface area contributed by atoms with Gasteiger partial charge in [0.15, 0.2) is 0 Å². The maximum Gasteiger partial charge on any atom is 0.407 e. The summed E-state index contributed by atoms with van der Waals surface area (Å²) in [6, 6.07) is 4.03. The Balaban J connectivity index is 1.66. The number of nitrogens with one attached hydrogen (secondary N) is 1. The lowest BCUT2D eigenvalue weighted by Gasteiger charge is -2.20. The van der Waals surface area contributed by atoms with E-state index in [2.05, 4.69) is 31.4 Å². The van der Waals surface area contributed by atoms with Crippen molar-refractivity contribution in [3.63, 3.8) is 0 Å². The first-order valence-corrected chi connectivity index (χ1v) is 7.16. The molecule has 1 aromatic rings. The molecule has 6 nitrogen and oxygen atoms in total. The number of halogens is 1. The fourth-order valence-electron chi connectivity index (χ4n) is 3.18. The zero-order valence-corrected chi connectivity index (χ0v) is 11.9. The van der Waals surface area contributed by atoms with Gasteiger partial charge in [0.1, 0.15) is 10.4 Å². The third-order valence-corrected chi connectivity index (χ3v) is 4.52. The first-order valence-electron chi connectivity index (χ1n) is 6.37. The van der Waals surface area contributed by atoms with Crippen LogP contribution >= 0.6 is 15.9 Å². The molecule has 102 valence electrons. The predicted octanol–water partition coefficient (Wildman–Crippen LogP) is 2.04. The summed E-state index contributed by atoms with van der Waals surface area (Å²) < 4.78 is 0.709. The van der Waals surface area contributed by atoms with E-state index in [1.54, 1.807) is 0 Å². The molecular formula is C12H15BrN4O2. The molecule has 0 radical (unpaired) electrons. The molecule has 2 fully saturated rings. The molecule has 0 aromatic carbocycles. The summed E-state index contributed by atoms with van der Waals surface area (Å²) >= 11 is 3.25. The molecule has 2 aliphatic rings. The van der Waals surface area contributed by atoms with E-state index >= 15 is 0 Å². The average Bonchev–Trinajstić information content (AvgIpc) is 2.94. The van der Waals surface area contributed by atoms with Crippen LogP contribution in [0.2, 0.25) is 0 Å². The van der Waals surface area contributed by atoms with E-state index in [9.17, 15) is 4.79 Å². The van der Waals surface area contributed by atoms with Gasteiger partial charge >= 0.3 is 6.09 Å². The molecule has 1 aliphatic carbocycles. The van der Waals surface area contributed by atoms with E-state index in [-0.39, 0.29) is 0 Å². The van der Waals surface area contributed by atoms with Crippen LogP contribution in [0.15, 0.2) is 16.7 Å². The van der Waals surface area contributed by atoms with Crippen LogP contribution in [0.1, 0.15) is 12.8 Å². The monoisotopic (exact) mass is 326 g/mol. The highest BCUT2D eigenvalue weighted by molar-refractivity contribution is 9.10. The van der Waals surface area contributed by atoms with Crippen LogP contribution in [0.4, 0.5) is 10.6 Å². The normalized spacial score (nSPS) is 29.3. The van der Waals surface area contributed by atoms with Crippen molar-refractivity contribution in [1.29, 1.82) is 0 Å². The highest BCUT2D eigenvalue weighted by atomic mass is 79.9. The van der Waals surface area contributed by atoms with Crippen molar-refractivity contribution >= 4 is 27.8 Å². The van der Waals surface area contributed by atoms with Crippen LogP contribution in [0, 0.1) is 11.8 Å². The molecule has 2 heterocycles. The fraction of sp³-hybridized carbons (Fsp3) is 0.583. The molecule has 7 heteroatoms. The third kappa shape index (κ3) is 2.51. The topological polar surface area (TPSA) is 78.4 Å². The molecular weight excluding hydrogens is 312 g/mol. The summed E-state index contributed by atoms with van der Waals surface area (Å²) in [6.07, 6.45) is 1.34. The van der Waals surface area contributed by atoms with Gasteiger partial charge in [0.25, 0.3) is 0 Å². The second-order valence-corrected chi connectivity index (χ2v) is 5.99. The zero-order chi connectivity index (χ0) is 13.4. The molecule has 0 spiro atoms. The van der Waals surface area contributed by atoms with Crippen LogP contribution in [0.5, 0.6) is 0 Å². The van der Waals surface area contributed by atoms with Crippen LogP contribution < -0.4 is 5.32 Å². The van der Waals surface area contributed by atoms with Gasteiger partial charge in [-0.3, -0.25) is 0 Å². The molecule has 3 atom stereocenters. The van der Waals surface area contributed by atoms with Gasteiger partial charge in [0.2, 0.25) is 0 Å². The Hall–Kier alpha value is -1.37. The van der Waals surface area contributed by atoms with E-state index in [4.69, 9.17) is 5.11 Å². The van der Waals surface area contributed by atoms with E-state index in [1.165, 1.54) is 4.90 Å². The lowest BCUT2D eigenvalue weighted by molar-refractivity contribution is 0.152. The Morgan fingerprint density at radius 1 is 1.37 bits per heavy atom. The minimum absolute atomic E-state index is 0.296. The Morgan fingerprint density at radius 3 is 2.89 bits per heavy atom. The maximum atomic E-state index is 11.0. The first-order chi connectivity index (χ1) is 9.13. The lowest BCUT2D eigenvalue weighted by atomic mass is 9.98. The quantitative estimate of drug-likeness (QED) is 0.869. The van der Waals surface area contributed by atoms with Gasteiger partial charge in [-0.05, 0) is 46.8 Å². The summed E-state index contributed by atoms with van der Waals surface area (Å²) in [7, 11) is 0. The standard InChI is InChI=1S/C12H15BrN4O2/c13-10-3-4-11(16-15-10)14-9-2-1-7-5-17(12(18)19)6-8(7)9/h3-4,7-9H,1-2,5-6H2,(H,14,16)(H,18,19)/t7-,8+,9+/m0/s1. The Bertz CT molecular complexity index is 481. The highest BCUT2D eigenvalue weighted by Crippen LogP contribution is 2.39. The molecule has 1 saturated heterocycles. The van der Waals surface area contributed by atoms with Gasteiger partial charge < -0.3 is 15.3 Å². The van der Waals surface area contributed by atoms with E-state index in [0.29, 0.717) is 35.6 Å². The summed E-state index contributed by atoms with van der Waals surface area (Å²) in [5.41, 5.74) is 0. The Morgan fingerprint density at radius 2 is 2.21 bits per heavy atom. The summed E-state index contributed by atoms with van der Waals surface area (Å²) in [5.74, 6) is 1.63. The van der Waals surface area contributed by atoms with E-state index < -0.39 is 6.09 Å². The second kappa shape index (κ2) is 4.96. The van der Waals surface area contributed by atoms with Crippen LogP contribution in [0.3, 0.4) is 0 Å². The minimum Gasteiger partial charge on any atom is -0.465 e. The number of fused-ring (bicyclic) bond motifs is 1. The molecule has 1 aliphatic heterocycles. The van der Waals surface area contributed by atoms with Crippen molar-refractivity contribution < 1.29 is 9.90 Å². The first kappa shape index (κ1) is 12.7. The molecule has 1 aromatic heterocycles. The average molecular weight is 327 g/mol. The fourth-order valence-corrected chi connectivity index (χ4v) is 3.40. The summed E-state index contributed by atoms with van der Waals surface area (Å²) in [6.45, 7) is 1.30. The molecule has 1 saturated carbocycles. The highest BCUT2D eigenvalue weighted by Gasteiger charge is 2.44. The van der Waals surface area contributed by atoms with Crippen molar-refractivity contribution in [1.82, 2.24) is 15.1 Å². The summed E-state index contributed by atoms with van der Waals surface area (Å²) in [4.78, 5) is 12.5. The molecule has 19 heavy (non-hydrogen) atoms. The van der Waals surface area contributed by atoms with Gasteiger partial charge in [0.05, 0.1) is 0 Å². The second-order valence-electron chi connectivity index (χ2n) is 5.18. The molecule has 2 N–H and O–H groups in total. The van der Waals surface area contributed by atoms with Crippen molar-refractivity contribution in [2.75, 3.05) is 18.4 Å². The maximum absolute atomic E-state index is 11.0.